The molecule has 1 aliphatic rings. The zero-order valence-electron chi connectivity index (χ0n) is 16.6. The molecule has 0 fully saturated rings. The monoisotopic (exact) mass is 456 g/mol. The molecule has 3 aromatic rings. The Bertz CT molecular complexity index is 1330. The Hall–Kier alpha value is -3.09. The first-order valence-electron chi connectivity index (χ1n) is 9.63. The fourth-order valence-corrected chi connectivity index (χ4v) is 5.63. The van der Waals surface area contributed by atoms with Gasteiger partial charge in [0.1, 0.15) is 13.2 Å². The summed E-state index contributed by atoms with van der Waals surface area (Å²) in [4.78, 5) is 17.0. The van der Waals surface area contributed by atoms with Crippen molar-refractivity contribution >= 4 is 37.3 Å². The van der Waals surface area contributed by atoms with Gasteiger partial charge in [0.05, 0.1) is 28.3 Å². The molecule has 0 unspecified atom stereocenters. The molecule has 0 N–H and O–H groups in total. The van der Waals surface area contributed by atoms with Crippen LogP contribution >= 0.6 is 11.3 Å². The van der Waals surface area contributed by atoms with Gasteiger partial charge in [-0.1, -0.05) is 47.6 Å². The van der Waals surface area contributed by atoms with Crippen molar-refractivity contribution in [2.24, 2.45) is 4.99 Å². The van der Waals surface area contributed by atoms with Crippen LogP contribution < -0.4 is 14.3 Å². The number of hydrogen-bond acceptors (Lipinski definition) is 6. The SMILES string of the molecule is C#CCn1c(=NC(=O)CCS(=O)(=O)Cc2ccccc2)sc2cc3c(cc21)OCCO3. The van der Waals surface area contributed by atoms with E-state index < -0.39 is 15.7 Å². The van der Waals surface area contributed by atoms with E-state index in [1.165, 1.54) is 11.3 Å². The average molecular weight is 457 g/mol. The lowest BCUT2D eigenvalue weighted by Gasteiger charge is -2.18. The molecule has 9 heteroatoms. The Morgan fingerprint density at radius 1 is 1.16 bits per heavy atom. The molecular formula is C22H20N2O5S2. The fourth-order valence-electron chi connectivity index (χ4n) is 3.24. The summed E-state index contributed by atoms with van der Waals surface area (Å²) in [5, 5.41) is 0. The van der Waals surface area contributed by atoms with E-state index in [9.17, 15) is 13.2 Å². The van der Waals surface area contributed by atoms with Gasteiger partial charge >= 0.3 is 0 Å². The maximum atomic E-state index is 12.5. The number of aromatic nitrogens is 1. The van der Waals surface area contributed by atoms with Gasteiger partial charge in [0.25, 0.3) is 0 Å². The lowest BCUT2D eigenvalue weighted by molar-refractivity contribution is -0.117. The van der Waals surface area contributed by atoms with Crippen molar-refractivity contribution in [3.8, 4) is 23.8 Å². The third-order valence-electron chi connectivity index (χ3n) is 4.67. The molecule has 0 saturated heterocycles. The van der Waals surface area contributed by atoms with Crippen molar-refractivity contribution in [3.63, 3.8) is 0 Å². The molecule has 0 bridgehead atoms. The Morgan fingerprint density at radius 3 is 2.58 bits per heavy atom. The van der Waals surface area contributed by atoms with Crippen LogP contribution in [0.1, 0.15) is 12.0 Å². The van der Waals surface area contributed by atoms with E-state index in [1.807, 2.05) is 18.2 Å². The van der Waals surface area contributed by atoms with Gasteiger partial charge in [-0.2, -0.15) is 4.99 Å². The molecule has 1 aromatic heterocycles. The van der Waals surface area contributed by atoms with E-state index in [-0.39, 0.29) is 24.5 Å². The fraction of sp³-hybridized carbons (Fsp3) is 0.273. The van der Waals surface area contributed by atoms with Crippen LogP contribution in [-0.2, 0) is 26.9 Å². The summed E-state index contributed by atoms with van der Waals surface area (Å²) in [6.07, 6.45) is 5.32. The van der Waals surface area contributed by atoms with Crippen molar-refractivity contribution in [3.05, 3.63) is 52.8 Å². The summed E-state index contributed by atoms with van der Waals surface area (Å²) in [5.74, 6) is 2.95. The van der Waals surface area contributed by atoms with Crippen LogP contribution in [0.4, 0.5) is 0 Å². The zero-order valence-corrected chi connectivity index (χ0v) is 18.2. The second kappa shape index (κ2) is 8.96. The van der Waals surface area contributed by atoms with Gasteiger partial charge in [0.2, 0.25) is 5.91 Å². The maximum Gasteiger partial charge on any atom is 0.249 e. The lowest BCUT2D eigenvalue weighted by Crippen LogP contribution is -2.18. The second-order valence-corrected chi connectivity index (χ2v) is 10.2. The first-order valence-corrected chi connectivity index (χ1v) is 12.3. The highest BCUT2D eigenvalue weighted by atomic mass is 32.2. The number of carbonyl (C=O) groups is 1. The van der Waals surface area contributed by atoms with Crippen LogP contribution in [0.15, 0.2) is 47.5 Å². The van der Waals surface area contributed by atoms with Gasteiger partial charge in [-0.15, -0.1) is 6.42 Å². The predicted molar refractivity (Wildman–Crippen MR) is 119 cm³/mol. The van der Waals surface area contributed by atoms with Gasteiger partial charge in [-0.05, 0) is 5.56 Å². The number of rotatable bonds is 6. The quantitative estimate of drug-likeness (QED) is 0.532. The summed E-state index contributed by atoms with van der Waals surface area (Å²) < 4.78 is 38.6. The number of fused-ring (bicyclic) bond motifs is 2. The van der Waals surface area contributed by atoms with Crippen molar-refractivity contribution in [2.75, 3.05) is 19.0 Å². The number of nitrogens with zero attached hydrogens (tertiary/aromatic N) is 2. The number of benzene rings is 2. The number of amides is 1. The molecule has 0 saturated carbocycles. The van der Waals surface area contributed by atoms with E-state index in [0.717, 1.165) is 10.2 Å². The molecule has 0 spiro atoms. The van der Waals surface area contributed by atoms with E-state index in [2.05, 4.69) is 10.9 Å². The molecule has 0 radical (unpaired) electrons. The van der Waals surface area contributed by atoms with Crippen LogP contribution in [0.3, 0.4) is 0 Å². The molecule has 7 nitrogen and oxygen atoms in total. The summed E-state index contributed by atoms with van der Waals surface area (Å²) in [5.41, 5.74) is 1.48. The normalized spacial score (nSPS) is 13.8. The number of terminal acetylenes is 1. The third-order valence-corrected chi connectivity index (χ3v) is 7.31. The molecule has 2 heterocycles. The topological polar surface area (TPSA) is 87.0 Å². The van der Waals surface area contributed by atoms with E-state index >= 15 is 0 Å². The molecule has 0 atom stereocenters. The highest BCUT2D eigenvalue weighted by Crippen LogP contribution is 2.35. The van der Waals surface area contributed by atoms with Gasteiger partial charge < -0.3 is 14.0 Å². The van der Waals surface area contributed by atoms with Crippen LogP contribution in [0.2, 0.25) is 0 Å². The second-order valence-electron chi connectivity index (χ2n) is 6.97. The summed E-state index contributed by atoms with van der Waals surface area (Å²) in [7, 11) is -3.43. The third kappa shape index (κ3) is 4.98. The lowest BCUT2D eigenvalue weighted by atomic mass is 10.2. The van der Waals surface area contributed by atoms with Crippen molar-refractivity contribution in [1.29, 1.82) is 0 Å². The molecule has 2 aromatic carbocycles. The predicted octanol–water partition coefficient (Wildman–Crippen LogP) is 2.54. The minimum absolute atomic E-state index is 0.105. The van der Waals surface area contributed by atoms with E-state index in [0.29, 0.717) is 35.1 Å². The molecule has 4 rings (SSSR count). The Labute approximate surface area is 183 Å². The summed E-state index contributed by atoms with van der Waals surface area (Å²) in [6, 6.07) is 12.5. The number of ether oxygens (including phenoxy) is 2. The number of carbonyl (C=O) groups excluding carboxylic acids is 1. The number of hydrogen-bond donors (Lipinski definition) is 0. The zero-order chi connectivity index (χ0) is 21.8. The number of thiazole rings is 1. The van der Waals surface area contributed by atoms with Crippen LogP contribution in [0.25, 0.3) is 10.2 Å². The van der Waals surface area contributed by atoms with Gasteiger partial charge in [0.15, 0.2) is 26.1 Å². The van der Waals surface area contributed by atoms with E-state index in [1.54, 1.807) is 28.8 Å². The van der Waals surface area contributed by atoms with Crippen LogP contribution in [-0.4, -0.2) is 37.9 Å². The Morgan fingerprint density at radius 2 is 1.87 bits per heavy atom. The first-order chi connectivity index (χ1) is 14.9. The van der Waals surface area contributed by atoms with Crippen molar-refractivity contribution in [2.45, 2.75) is 18.7 Å². The summed E-state index contributed by atoms with van der Waals surface area (Å²) >= 11 is 1.30. The molecule has 0 aliphatic carbocycles. The highest BCUT2D eigenvalue weighted by Gasteiger charge is 2.18. The molecule has 31 heavy (non-hydrogen) atoms. The molecule has 1 amide bonds. The molecular weight excluding hydrogens is 436 g/mol. The first kappa shape index (κ1) is 21.2. The van der Waals surface area contributed by atoms with E-state index in [4.69, 9.17) is 15.9 Å². The standard InChI is InChI=1S/C22H20N2O5S2/c1-2-9-24-17-13-18-19(29-11-10-28-18)14-20(17)30-22(24)23-21(25)8-12-31(26,27)15-16-6-4-3-5-7-16/h1,3-7,13-14H,8-12,15H2. The Kier molecular flexibility index (Phi) is 6.11. The average Bonchev–Trinajstić information content (AvgIpc) is 3.07. The molecule has 1 aliphatic heterocycles. The summed E-state index contributed by atoms with van der Waals surface area (Å²) in [6.45, 7) is 1.16. The van der Waals surface area contributed by atoms with Gasteiger partial charge in [-0.3, -0.25) is 4.79 Å². The van der Waals surface area contributed by atoms with Crippen LogP contribution in [0.5, 0.6) is 11.5 Å². The Balaban J connectivity index is 1.57. The smallest absolute Gasteiger partial charge is 0.249 e. The van der Waals surface area contributed by atoms with Crippen LogP contribution in [0, 0.1) is 12.3 Å². The largest absolute Gasteiger partial charge is 0.486 e. The van der Waals surface area contributed by atoms with Crippen molar-refractivity contribution < 1.29 is 22.7 Å². The molecule has 160 valence electrons. The van der Waals surface area contributed by atoms with Gasteiger partial charge in [0, 0.05) is 18.6 Å². The van der Waals surface area contributed by atoms with Gasteiger partial charge in [-0.25, -0.2) is 8.42 Å². The minimum Gasteiger partial charge on any atom is -0.486 e. The maximum absolute atomic E-state index is 12.5. The van der Waals surface area contributed by atoms with Crippen molar-refractivity contribution in [1.82, 2.24) is 4.57 Å². The minimum atomic E-state index is -3.43. The number of sulfone groups is 1. The highest BCUT2D eigenvalue weighted by molar-refractivity contribution is 7.90.